The SMILES string of the molecule is CNCCCC(=O)NC(c1ccccc1Cl)c1ccccc1OC. The fourth-order valence-corrected chi connectivity index (χ4v) is 2.84. The zero-order valence-corrected chi connectivity index (χ0v) is 14.8. The number of hydrogen-bond acceptors (Lipinski definition) is 3. The molecule has 0 saturated carbocycles. The number of para-hydroxylation sites is 1. The topological polar surface area (TPSA) is 50.4 Å². The Hall–Kier alpha value is -2.04. The van der Waals surface area contributed by atoms with E-state index in [0.29, 0.717) is 11.4 Å². The Morgan fingerprint density at radius 3 is 2.46 bits per heavy atom. The van der Waals surface area contributed by atoms with Crippen LogP contribution in [-0.4, -0.2) is 26.6 Å². The fourth-order valence-electron chi connectivity index (χ4n) is 2.60. The standard InChI is InChI=1S/C19H23ClN2O2/c1-21-13-7-12-18(23)22-19(14-8-3-5-10-16(14)20)15-9-4-6-11-17(15)24-2/h3-6,8-11,19,21H,7,12-13H2,1-2H3,(H,22,23). The van der Waals surface area contributed by atoms with Crippen LogP contribution in [0, 0.1) is 0 Å². The Kier molecular flexibility index (Phi) is 7.09. The molecule has 1 amide bonds. The van der Waals surface area contributed by atoms with Crippen molar-refractivity contribution in [1.82, 2.24) is 10.6 Å². The summed E-state index contributed by atoms with van der Waals surface area (Å²) in [5.74, 6) is 0.707. The van der Waals surface area contributed by atoms with Crippen molar-refractivity contribution < 1.29 is 9.53 Å². The molecule has 2 rings (SSSR count). The summed E-state index contributed by atoms with van der Waals surface area (Å²) in [6, 6.07) is 14.8. The molecule has 0 fully saturated rings. The summed E-state index contributed by atoms with van der Waals surface area (Å²) in [6.07, 6.45) is 1.24. The highest BCUT2D eigenvalue weighted by Crippen LogP contribution is 2.33. The summed E-state index contributed by atoms with van der Waals surface area (Å²) < 4.78 is 5.46. The molecule has 128 valence electrons. The lowest BCUT2D eigenvalue weighted by molar-refractivity contribution is -0.121. The predicted octanol–water partition coefficient (Wildman–Crippen LogP) is 3.55. The van der Waals surface area contributed by atoms with E-state index in [1.807, 2.05) is 55.6 Å². The van der Waals surface area contributed by atoms with Crippen LogP contribution in [0.1, 0.15) is 30.0 Å². The van der Waals surface area contributed by atoms with Gasteiger partial charge in [0.15, 0.2) is 0 Å². The normalized spacial score (nSPS) is 11.8. The Balaban J connectivity index is 2.32. The Morgan fingerprint density at radius 1 is 1.12 bits per heavy atom. The van der Waals surface area contributed by atoms with Crippen molar-refractivity contribution in [3.05, 3.63) is 64.7 Å². The molecule has 24 heavy (non-hydrogen) atoms. The third kappa shape index (κ3) is 4.73. The molecule has 0 radical (unpaired) electrons. The first kappa shape index (κ1) is 18.3. The van der Waals surface area contributed by atoms with Crippen LogP contribution in [0.4, 0.5) is 0 Å². The largest absolute Gasteiger partial charge is 0.496 e. The third-order valence-electron chi connectivity index (χ3n) is 3.80. The molecule has 0 heterocycles. The number of benzene rings is 2. The lowest BCUT2D eigenvalue weighted by Crippen LogP contribution is -2.30. The average Bonchev–Trinajstić information content (AvgIpc) is 2.60. The molecule has 1 atom stereocenters. The van der Waals surface area contributed by atoms with Crippen LogP contribution in [0.5, 0.6) is 5.75 Å². The zero-order valence-electron chi connectivity index (χ0n) is 14.0. The number of methoxy groups -OCH3 is 1. The molecule has 0 spiro atoms. The van der Waals surface area contributed by atoms with Gasteiger partial charge in [0.2, 0.25) is 5.91 Å². The second-order valence-electron chi connectivity index (χ2n) is 5.47. The van der Waals surface area contributed by atoms with Gasteiger partial charge in [0.25, 0.3) is 0 Å². The lowest BCUT2D eigenvalue weighted by Gasteiger charge is -2.23. The van der Waals surface area contributed by atoms with Gasteiger partial charge in [-0.25, -0.2) is 0 Å². The number of carbonyl (C=O) groups excluding carboxylic acids is 1. The van der Waals surface area contributed by atoms with Gasteiger partial charge in [0, 0.05) is 17.0 Å². The van der Waals surface area contributed by atoms with E-state index in [1.54, 1.807) is 7.11 Å². The number of carbonyl (C=O) groups is 1. The molecule has 0 aliphatic rings. The number of halogens is 1. The van der Waals surface area contributed by atoms with Crippen LogP contribution < -0.4 is 15.4 Å². The summed E-state index contributed by atoms with van der Waals surface area (Å²) in [6.45, 7) is 0.804. The maximum Gasteiger partial charge on any atom is 0.220 e. The number of rotatable bonds is 8. The molecule has 4 nitrogen and oxygen atoms in total. The van der Waals surface area contributed by atoms with Gasteiger partial charge in [-0.1, -0.05) is 48.0 Å². The van der Waals surface area contributed by atoms with Gasteiger partial charge in [-0.15, -0.1) is 0 Å². The minimum absolute atomic E-state index is 0.0129. The second kappa shape index (κ2) is 9.30. The molecule has 0 aliphatic heterocycles. The van der Waals surface area contributed by atoms with Crippen LogP contribution in [0.2, 0.25) is 5.02 Å². The Morgan fingerprint density at radius 2 is 1.79 bits per heavy atom. The van der Waals surface area contributed by atoms with E-state index >= 15 is 0 Å². The first-order valence-electron chi connectivity index (χ1n) is 7.98. The van der Waals surface area contributed by atoms with Crippen molar-refractivity contribution in [3.8, 4) is 5.75 Å². The third-order valence-corrected chi connectivity index (χ3v) is 4.15. The molecule has 0 bridgehead atoms. The molecule has 2 N–H and O–H groups in total. The van der Waals surface area contributed by atoms with Gasteiger partial charge in [0.1, 0.15) is 5.75 Å². The molecular weight excluding hydrogens is 324 g/mol. The first-order chi connectivity index (χ1) is 11.7. The maximum atomic E-state index is 12.4. The van der Waals surface area contributed by atoms with Crippen molar-refractivity contribution in [2.45, 2.75) is 18.9 Å². The molecule has 2 aromatic rings. The van der Waals surface area contributed by atoms with Crippen LogP contribution in [0.25, 0.3) is 0 Å². The summed E-state index contributed by atoms with van der Waals surface area (Å²) in [5.41, 5.74) is 1.74. The van der Waals surface area contributed by atoms with E-state index in [2.05, 4.69) is 10.6 Å². The molecule has 0 saturated heterocycles. The van der Waals surface area contributed by atoms with Crippen LogP contribution in [-0.2, 0) is 4.79 Å². The van der Waals surface area contributed by atoms with Crippen molar-refractivity contribution >= 4 is 17.5 Å². The number of ether oxygens (including phenoxy) is 1. The van der Waals surface area contributed by atoms with Crippen LogP contribution in [0.15, 0.2) is 48.5 Å². The van der Waals surface area contributed by atoms with Gasteiger partial charge in [-0.05, 0) is 37.7 Å². The summed E-state index contributed by atoms with van der Waals surface area (Å²) in [7, 11) is 3.50. The number of nitrogens with one attached hydrogen (secondary N) is 2. The smallest absolute Gasteiger partial charge is 0.220 e. The highest BCUT2D eigenvalue weighted by molar-refractivity contribution is 6.31. The minimum Gasteiger partial charge on any atom is -0.496 e. The molecule has 2 aromatic carbocycles. The van der Waals surface area contributed by atoms with Crippen molar-refractivity contribution in [1.29, 1.82) is 0 Å². The first-order valence-corrected chi connectivity index (χ1v) is 8.36. The lowest BCUT2D eigenvalue weighted by atomic mass is 9.97. The van der Waals surface area contributed by atoms with E-state index in [1.165, 1.54) is 0 Å². The summed E-state index contributed by atoms with van der Waals surface area (Å²) in [4.78, 5) is 12.4. The average molecular weight is 347 g/mol. The molecular formula is C19H23ClN2O2. The van der Waals surface area contributed by atoms with Gasteiger partial charge < -0.3 is 15.4 Å². The monoisotopic (exact) mass is 346 g/mol. The predicted molar refractivity (Wildman–Crippen MR) is 97.6 cm³/mol. The molecule has 0 aromatic heterocycles. The molecule has 1 unspecified atom stereocenters. The van der Waals surface area contributed by atoms with Crippen LogP contribution >= 0.6 is 11.6 Å². The highest BCUT2D eigenvalue weighted by Gasteiger charge is 2.22. The second-order valence-corrected chi connectivity index (χ2v) is 5.88. The molecule has 0 aliphatic carbocycles. The fraction of sp³-hybridized carbons (Fsp3) is 0.316. The van der Waals surface area contributed by atoms with Gasteiger partial charge >= 0.3 is 0 Å². The van der Waals surface area contributed by atoms with Gasteiger partial charge in [0.05, 0.1) is 13.2 Å². The van der Waals surface area contributed by atoms with Crippen LogP contribution in [0.3, 0.4) is 0 Å². The maximum absolute atomic E-state index is 12.4. The number of hydrogen-bond donors (Lipinski definition) is 2. The van der Waals surface area contributed by atoms with Gasteiger partial charge in [-0.3, -0.25) is 4.79 Å². The van der Waals surface area contributed by atoms with Crippen molar-refractivity contribution in [3.63, 3.8) is 0 Å². The van der Waals surface area contributed by atoms with E-state index in [4.69, 9.17) is 16.3 Å². The zero-order chi connectivity index (χ0) is 17.4. The minimum atomic E-state index is -0.350. The van der Waals surface area contributed by atoms with E-state index in [-0.39, 0.29) is 11.9 Å². The van der Waals surface area contributed by atoms with E-state index in [9.17, 15) is 4.79 Å². The van der Waals surface area contributed by atoms with Crippen molar-refractivity contribution in [2.24, 2.45) is 0 Å². The summed E-state index contributed by atoms with van der Waals surface area (Å²) >= 11 is 6.37. The van der Waals surface area contributed by atoms with Gasteiger partial charge in [-0.2, -0.15) is 0 Å². The Bertz CT molecular complexity index is 676. The van der Waals surface area contributed by atoms with Crippen molar-refractivity contribution in [2.75, 3.05) is 20.7 Å². The molecule has 5 heteroatoms. The highest BCUT2D eigenvalue weighted by atomic mass is 35.5. The van der Waals surface area contributed by atoms with E-state index in [0.717, 1.165) is 29.8 Å². The Labute approximate surface area is 148 Å². The quantitative estimate of drug-likeness (QED) is 0.719. The summed E-state index contributed by atoms with van der Waals surface area (Å²) in [5, 5.41) is 6.75. The number of amides is 1. The van der Waals surface area contributed by atoms with E-state index < -0.39 is 0 Å².